The van der Waals surface area contributed by atoms with Crippen LogP contribution in [0.4, 0.5) is 0 Å². The number of hydrogen-bond acceptors (Lipinski definition) is 8. The van der Waals surface area contributed by atoms with E-state index in [-0.39, 0.29) is 32.0 Å². The van der Waals surface area contributed by atoms with Gasteiger partial charge in [-0.15, -0.1) is 0 Å². The maximum Gasteiger partial charge on any atom is 0.306 e. The maximum absolute atomic E-state index is 12.9. The lowest BCUT2D eigenvalue weighted by atomic mass is 10.0. The van der Waals surface area contributed by atoms with Gasteiger partial charge < -0.3 is 27.9 Å². The van der Waals surface area contributed by atoms with E-state index in [2.05, 4.69) is 86.8 Å². The van der Waals surface area contributed by atoms with Crippen LogP contribution in [0.25, 0.3) is 0 Å². The Morgan fingerprint density at radius 2 is 0.570 bits per heavy atom. The minimum atomic E-state index is -4.65. The molecule has 0 saturated carbocycles. The predicted molar refractivity (Wildman–Crippen MR) is 434 cm³/mol. The van der Waals surface area contributed by atoms with E-state index >= 15 is 0 Å². The van der Waals surface area contributed by atoms with Crippen LogP contribution < -0.4 is 4.89 Å². The standard InChI is InChI=1S/C90H168NO8P/c1-6-8-10-12-14-16-18-20-22-24-26-28-30-32-34-36-38-40-42-43-44-45-46-47-49-51-53-55-57-59-61-63-65-67-69-71-73-75-77-79-81-83-90(93)99-88(87-98-100(94,95)97-85-84-91(3,4)5)86-96-89(92)82-80-78-76-74-72-70-68-66-64-62-60-58-56-54-52-50-48-41-39-37-35-33-31-29-27-25-23-21-19-17-15-13-11-9-7-2/h8,10,14,16,19-22,25-28,88H,6-7,9,11-13,15,17-18,23-24,29-87H2,1-5H3/b10-8-,16-14-,21-19-,22-20-,27-25-,28-26-. The first-order valence-electron chi connectivity index (χ1n) is 43.6. The van der Waals surface area contributed by atoms with Crippen LogP contribution in [-0.4, -0.2) is 70.0 Å². The van der Waals surface area contributed by atoms with Gasteiger partial charge in [0, 0.05) is 12.8 Å². The van der Waals surface area contributed by atoms with E-state index in [9.17, 15) is 19.0 Å². The zero-order valence-corrected chi connectivity index (χ0v) is 68.1. The van der Waals surface area contributed by atoms with Crippen LogP contribution in [-0.2, 0) is 32.7 Å². The molecule has 0 aromatic rings. The molecule has 10 heteroatoms. The molecule has 2 unspecified atom stereocenters. The molecule has 0 N–H and O–H groups in total. The summed E-state index contributed by atoms with van der Waals surface area (Å²) in [7, 11) is 1.19. The second kappa shape index (κ2) is 80.5. The Bertz CT molecular complexity index is 1920. The number of carbonyl (C=O) groups excluding carboxylic acids is 2. The average molecular weight is 1420 g/mol. The Balaban J connectivity index is 3.85. The van der Waals surface area contributed by atoms with Crippen molar-refractivity contribution in [2.45, 2.75) is 444 Å². The van der Waals surface area contributed by atoms with E-state index in [1.165, 1.54) is 340 Å². The average Bonchev–Trinajstić information content (AvgIpc) is 1.30. The van der Waals surface area contributed by atoms with Gasteiger partial charge in [0.1, 0.15) is 19.8 Å². The molecule has 0 heterocycles. The molecular weight excluding hydrogens is 1250 g/mol. The molecule has 0 aliphatic carbocycles. The van der Waals surface area contributed by atoms with E-state index in [4.69, 9.17) is 18.5 Å². The summed E-state index contributed by atoms with van der Waals surface area (Å²) in [6.45, 7) is 4.19. The van der Waals surface area contributed by atoms with Crippen molar-refractivity contribution >= 4 is 19.8 Å². The Kier molecular flexibility index (Phi) is 78.5. The zero-order chi connectivity index (χ0) is 72.5. The van der Waals surface area contributed by atoms with Gasteiger partial charge in [-0.1, -0.05) is 414 Å². The van der Waals surface area contributed by atoms with Crippen molar-refractivity contribution < 1.29 is 42.1 Å². The number of likely N-dealkylation sites (N-methyl/N-ethyl adjacent to an activating group) is 1. The van der Waals surface area contributed by atoms with Gasteiger partial charge in [-0.25, -0.2) is 0 Å². The molecule has 586 valence electrons. The Hall–Kier alpha value is -2.55. The molecule has 0 aliphatic rings. The second-order valence-electron chi connectivity index (χ2n) is 30.9. The first-order valence-corrected chi connectivity index (χ1v) is 45.1. The van der Waals surface area contributed by atoms with Crippen LogP contribution >= 0.6 is 7.82 Å². The SMILES string of the molecule is CC/C=C\C/C=C\C/C=C\C/C=C\CCCCCCCCCCCCCCCCCCCCCCCCCCCCCCC(=O)OC(COC(=O)CCCCCCCCCCCCCCCCCCCCCCCCC/C=C\C/C=C\CCCCCCC)COP(=O)([O-])OCC[N+](C)(C)C. The minimum Gasteiger partial charge on any atom is -0.756 e. The van der Waals surface area contributed by atoms with Crippen molar-refractivity contribution in [2.75, 3.05) is 47.5 Å². The summed E-state index contributed by atoms with van der Waals surface area (Å²) in [6.07, 6.45) is 111. The fourth-order valence-corrected chi connectivity index (χ4v) is 13.8. The quantitative estimate of drug-likeness (QED) is 0.0195. The monoisotopic (exact) mass is 1420 g/mol. The lowest BCUT2D eigenvalue weighted by molar-refractivity contribution is -0.870. The normalized spacial score (nSPS) is 13.3. The fourth-order valence-electron chi connectivity index (χ4n) is 13.1. The summed E-state index contributed by atoms with van der Waals surface area (Å²) in [4.78, 5) is 38.2. The van der Waals surface area contributed by atoms with Crippen molar-refractivity contribution in [3.8, 4) is 0 Å². The van der Waals surface area contributed by atoms with Crippen molar-refractivity contribution in [1.82, 2.24) is 0 Å². The van der Waals surface area contributed by atoms with Gasteiger partial charge in [0.25, 0.3) is 7.82 Å². The highest BCUT2D eigenvalue weighted by molar-refractivity contribution is 7.45. The number of rotatable bonds is 82. The molecule has 0 fully saturated rings. The third-order valence-corrected chi connectivity index (χ3v) is 20.7. The highest BCUT2D eigenvalue weighted by Gasteiger charge is 2.22. The number of quaternary nitrogens is 1. The number of allylic oxidation sites excluding steroid dienone is 12. The molecule has 100 heavy (non-hydrogen) atoms. The predicted octanol–water partition coefficient (Wildman–Crippen LogP) is 28.8. The summed E-state index contributed by atoms with van der Waals surface area (Å²) in [6, 6.07) is 0. The summed E-state index contributed by atoms with van der Waals surface area (Å²) in [5, 5.41) is 0. The van der Waals surface area contributed by atoms with E-state index in [1.54, 1.807) is 0 Å². The summed E-state index contributed by atoms with van der Waals surface area (Å²) >= 11 is 0. The van der Waals surface area contributed by atoms with Gasteiger partial charge in [0.15, 0.2) is 6.10 Å². The topological polar surface area (TPSA) is 111 Å². The van der Waals surface area contributed by atoms with Crippen LogP contribution in [0.3, 0.4) is 0 Å². The van der Waals surface area contributed by atoms with Gasteiger partial charge in [0.05, 0.1) is 27.7 Å². The van der Waals surface area contributed by atoms with Crippen molar-refractivity contribution in [3.63, 3.8) is 0 Å². The van der Waals surface area contributed by atoms with Gasteiger partial charge in [-0.2, -0.15) is 0 Å². The molecule has 0 spiro atoms. The molecule has 0 radical (unpaired) electrons. The van der Waals surface area contributed by atoms with E-state index in [0.29, 0.717) is 17.4 Å². The minimum absolute atomic E-state index is 0.0281. The number of nitrogens with zero attached hydrogens (tertiary/aromatic N) is 1. The van der Waals surface area contributed by atoms with Crippen molar-refractivity contribution in [2.24, 2.45) is 0 Å². The van der Waals surface area contributed by atoms with Gasteiger partial charge in [-0.3, -0.25) is 14.2 Å². The number of phosphoric acid groups is 1. The number of phosphoric ester groups is 1. The van der Waals surface area contributed by atoms with Crippen LogP contribution in [0.1, 0.15) is 438 Å². The largest absolute Gasteiger partial charge is 0.756 e. The highest BCUT2D eigenvalue weighted by Crippen LogP contribution is 2.38. The number of unbranched alkanes of at least 4 members (excludes halogenated alkanes) is 56. The molecule has 0 saturated heterocycles. The van der Waals surface area contributed by atoms with Gasteiger partial charge in [-0.05, 0) is 83.5 Å². The molecule has 0 amide bonds. The molecule has 2 atom stereocenters. The molecule has 0 aliphatic heterocycles. The Morgan fingerprint density at radius 3 is 0.850 bits per heavy atom. The van der Waals surface area contributed by atoms with Crippen molar-refractivity contribution in [3.05, 3.63) is 72.9 Å². The summed E-state index contributed by atoms with van der Waals surface area (Å²) in [5.41, 5.74) is 0. The van der Waals surface area contributed by atoms with Gasteiger partial charge in [0.2, 0.25) is 0 Å². The first kappa shape index (κ1) is 97.4. The van der Waals surface area contributed by atoms with E-state index < -0.39 is 26.5 Å². The zero-order valence-electron chi connectivity index (χ0n) is 67.2. The molecule has 9 nitrogen and oxygen atoms in total. The number of esters is 2. The third kappa shape index (κ3) is 84.4. The number of ether oxygens (including phenoxy) is 2. The van der Waals surface area contributed by atoms with Crippen LogP contribution in [0.5, 0.6) is 0 Å². The Labute approximate surface area is 622 Å². The number of hydrogen-bond donors (Lipinski definition) is 0. The maximum atomic E-state index is 12.9. The molecular formula is C90H168NO8P. The third-order valence-electron chi connectivity index (χ3n) is 19.7. The molecule has 0 aromatic carbocycles. The second-order valence-corrected chi connectivity index (χ2v) is 32.3. The molecule has 0 bridgehead atoms. The highest BCUT2D eigenvalue weighted by atomic mass is 31.2. The summed E-state index contributed by atoms with van der Waals surface area (Å²) < 4.78 is 34.5. The van der Waals surface area contributed by atoms with Crippen molar-refractivity contribution in [1.29, 1.82) is 0 Å². The molecule has 0 aromatic heterocycles. The summed E-state index contributed by atoms with van der Waals surface area (Å²) in [5.74, 6) is -0.807. The van der Waals surface area contributed by atoms with E-state index in [0.717, 1.165) is 64.2 Å². The van der Waals surface area contributed by atoms with E-state index in [1.807, 2.05) is 21.1 Å². The van der Waals surface area contributed by atoms with Crippen LogP contribution in [0.15, 0.2) is 72.9 Å². The number of carbonyl (C=O) groups is 2. The smallest absolute Gasteiger partial charge is 0.306 e. The van der Waals surface area contributed by atoms with Crippen LogP contribution in [0.2, 0.25) is 0 Å². The first-order chi connectivity index (χ1) is 49.0. The molecule has 0 rings (SSSR count). The Morgan fingerprint density at radius 1 is 0.320 bits per heavy atom. The van der Waals surface area contributed by atoms with Crippen LogP contribution in [0, 0.1) is 0 Å². The fraction of sp³-hybridized carbons (Fsp3) is 0.844. The van der Waals surface area contributed by atoms with Gasteiger partial charge >= 0.3 is 11.9 Å². The lowest BCUT2D eigenvalue weighted by Crippen LogP contribution is -2.37. The lowest BCUT2D eigenvalue weighted by Gasteiger charge is -2.28.